The molecule has 0 unspecified atom stereocenters. The second-order valence-electron chi connectivity index (χ2n) is 14.2. The minimum atomic E-state index is 1.29. The fourth-order valence-electron chi connectivity index (χ4n) is 5.84. The summed E-state index contributed by atoms with van der Waals surface area (Å²) in [7, 11) is 0. The molecule has 0 atom stereocenters. The molecule has 0 aliphatic carbocycles. The number of hydrogen-bond acceptors (Lipinski definition) is 5. The molecule has 0 amide bonds. The highest BCUT2D eigenvalue weighted by Crippen LogP contribution is 2.42. The molecule has 0 aromatic carbocycles. The van der Waals surface area contributed by atoms with Crippen molar-refractivity contribution in [3.05, 3.63) is 19.5 Å². The van der Waals surface area contributed by atoms with Crippen molar-refractivity contribution >= 4 is 58.8 Å². The second kappa shape index (κ2) is 43.6. The molecule has 0 saturated carbocycles. The molecular weight excluding hydrogens is 689 g/mol. The molecule has 0 radical (unpaired) electrons. The Morgan fingerprint density at radius 1 is 0.286 bits per heavy atom. The molecule has 0 aromatic rings. The Bertz CT molecular complexity index is 663. The number of rotatable bonds is 41. The number of allylic oxidation sites excluding steroid dienone is 1. The van der Waals surface area contributed by atoms with Gasteiger partial charge in [0.1, 0.15) is 0 Å². The summed E-state index contributed by atoms with van der Waals surface area (Å²) in [4.78, 5) is 1.63. The first-order valence-corrected chi connectivity index (χ1v) is 26.8. The first-order chi connectivity index (χ1) is 24.2. The van der Waals surface area contributed by atoms with E-state index in [4.69, 9.17) is 0 Å². The molecule has 0 fully saturated rings. The van der Waals surface area contributed by atoms with E-state index in [-0.39, 0.29) is 0 Å². The molecule has 0 aliphatic rings. The summed E-state index contributed by atoms with van der Waals surface area (Å²) in [6.07, 6.45) is 44.6. The smallest absolute Gasteiger partial charge is 0.0538 e. The molecule has 0 aromatic heterocycles. The summed E-state index contributed by atoms with van der Waals surface area (Å²) in [6.45, 7) is 11.7. The van der Waals surface area contributed by atoms with Crippen molar-refractivity contribution in [2.45, 2.75) is 227 Å². The van der Waals surface area contributed by atoms with E-state index in [9.17, 15) is 0 Å². The predicted molar refractivity (Wildman–Crippen MR) is 244 cm³/mol. The van der Waals surface area contributed by atoms with E-state index >= 15 is 0 Å². The minimum absolute atomic E-state index is 1.29. The van der Waals surface area contributed by atoms with Gasteiger partial charge in [0.2, 0.25) is 0 Å². The maximum absolute atomic E-state index is 2.70. The van der Waals surface area contributed by atoms with Gasteiger partial charge in [0.15, 0.2) is 0 Å². The van der Waals surface area contributed by atoms with Crippen LogP contribution in [0.2, 0.25) is 0 Å². The van der Waals surface area contributed by atoms with Crippen LogP contribution in [0, 0.1) is 0 Å². The van der Waals surface area contributed by atoms with Crippen molar-refractivity contribution in [2.24, 2.45) is 0 Å². The van der Waals surface area contributed by atoms with Gasteiger partial charge in [0.25, 0.3) is 0 Å². The minimum Gasteiger partial charge on any atom is -0.124 e. The van der Waals surface area contributed by atoms with E-state index in [0.717, 1.165) is 0 Å². The topological polar surface area (TPSA) is 0 Å². The third-order valence-electron chi connectivity index (χ3n) is 9.15. The molecular formula is C44H86S5. The van der Waals surface area contributed by atoms with Crippen LogP contribution in [0.1, 0.15) is 227 Å². The molecule has 292 valence electrons. The van der Waals surface area contributed by atoms with Gasteiger partial charge in [0.05, 0.1) is 4.24 Å². The number of unbranched alkanes of at least 4 members (excludes halogenated alkanes) is 25. The lowest BCUT2D eigenvalue weighted by Crippen LogP contribution is -1.91. The van der Waals surface area contributed by atoms with Gasteiger partial charge in [-0.05, 0) is 66.9 Å². The van der Waals surface area contributed by atoms with Crippen molar-refractivity contribution < 1.29 is 0 Å². The Morgan fingerprint density at radius 3 is 0.837 bits per heavy atom. The molecule has 0 spiro atoms. The van der Waals surface area contributed by atoms with Crippen LogP contribution in [-0.4, -0.2) is 28.8 Å². The number of hydrogen-bond donors (Lipinski definition) is 0. The molecule has 0 bridgehead atoms. The Kier molecular flexibility index (Phi) is 44.7. The Hall–Kier alpha value is 1.23. The van der Waals surface area contributed by atoms with Crippen LogP contribution in [-0.2, 0) is 0 Å². The summed E-state index contributed by atoms with van der Waals surface area (Å²) in [5, 5.41) is 0. The van der Waals surface area contributed by atoms with Gasteiger partial charge in [0, 0.05) is 9.14 Å². The summed E-state index contributed by atoms with van der Waals surface area (Å²) in [5.74, 6) is 6.47. The fourth-order valence-corrected chi connectivity index (χ4v) is 12.2. The van der Waals surface area contributed by atoms with Gasteiger partial charge < -0.3 is 0 Å². The van der Waals surface area contributed by atoms with E-state index < -0.39 is 0 Å². The van der Waals surface area contributed by atoms with Gasteiger partial charge in [-0.15, -0.1) is 58.8 Å². The van der Waals surface area contributed by atoms with Crippen molar-refractivity contribution in [3.63, 3.8) is 0 Å². The van der Waals surface area contributed by atoms with Crippen LogP contribution in [0.5, 0.6) is 0 Å². The molecule has 0 nitrogen and oxygen atoms in total. The largest absolute Gasteiger partial charge is 0.124 e. The monoisotopic (exact) mass is 775 g/mol. The highest BCUT2D eigenvalue weighted by Gasteiger charge is 2.12. The van der Waals surface area contributed by atoms with Crippen LogP contribution < -0.4 is 0 Å². The van der Waals surface area contributed by atoms with Crippen molar-refractivity contribution in [3.8, 4) is 0 Å². The van der Waals surface area contributed by atoms with Crippen molar-refractivity contribution in [1.29, 1.82) is 0 Å². The quantitative estimate of drug-likeness (QED) is 0.0447. The fraction of sp³-hybridized carbons (Fsp3) is 0.909. The standard InChI is InChI=1S/C44H86S5/c1-6-11-16-21-26-31-36-45-42(44(48-39-34-29-24-19-14-9-4)49-40-35-30-25-20-15-10-5)41-43(46-37-32-27-22-17-12-7-2)47-38-33-28-23-18-13-8-3/h41H,6-40H2,1-5H3. The lowest BCUT2D eigenvalue weighted by atomic mass is 10.1. The highest BCUT2D eigenvalue weighted by molar-refractivity contribution is 8.23. The molecule has 5 heteroatoms. The third-order valence-corrected chi connectivity index (χ3v) is 15.7. The van der Waals surface area contributed by atoms with Gasteiger partial charge in [-0.1, -0.05) is 195 Å². The van der Waals surface area contributed by atoms with Gasteiger partial charge in [-0.3, -0.25) is 0 Å². The second-order valence-corrected chi connectivity index (χ2v) is 20.3. The SMILES string of the molecule is CCCCCCCCSC(=CC(SCCCCCCCC)=C(SCCCCCCCC)SCCCCCCCC)SCCCCCCCC. The normalized spacial score (nSPS) is 11.4. The summed E-state index contributed by atoms with van der Waals surface area (Å²) in [6, 6.07) is 0. The lowest BCUT2D eigenvalue weighted by Gasteiger charge is -2.15. The zero-order valence-corrected chi connectivity index (χ0v) is 37.9. The molecule has 0 N–H and O–H groups in total. The van der Waals surface area contributed by atoms with Crippen LogP contribution in [0.15, 0.2) is 19.5 Å². The average molecular weight is 776 g/mol. The maximum Gasteiger partial charge on any atom is 0.0538 e. The molecule has 0 heterocycles. The van der Waals surface area contributed by atoms with Crippen molar-refractivity contribution in [2.75, 3.05) is 28.8 Å². The van der Waals surface area contributed by atoms with Gasteiger partial charge in [-0.25, -0.2) is 0 Å². The molecule has 0 saturated heterocycles. The average Bonchev–Trinajstić information content (AvgIpc) is 3.11. The first kappa shape index (κ1) is 50.2. The first-order valence-electron chi connectivity index (χ1n) is 21.8. The predicted octanol–water partition coefficient (Wildman–Crippen LogP) is 18.5. The third kappa shape index (κ3) is 37.3. The zero-order chi connectivity index (χ0) is 35.7. The summed E-state index contributed by atoms with van der Waals surface area (Å²) < 4.78 is 3.28. The Labute approximate surface area is 332 Å². The van der Waals surface area contributed by atoms with Crippen LogP contribution in [0.25, 0.3) is 0 Å². The van der Waals surface area contributed by atoms with E-state index in [0.29, 0.717) is 0 Å². The zero-order valence-electron chi connectivity index (χ0n) is 33.9. The summed E-state index contributed by atoms with van der Waals surface area (Å²) in [5.41, 5.74) is 0. The molecule has 0 rings (SSSR count). The van der Waals surface area contributed by atoms with Crippen LogP contribution >= 0.6 is 58.8 Å². The van der Waals surface area contributed by atoms with Crippen LogP contribution in [0.4, 0.5) is 0 Å². The van der Waals surface area contributed by atoms with E-state index in [2.05, 4.69) is 99.5 Å². The maximum atomic E-state index is 2.70. The lowest BCUT2D eigenvalue weighted by molar-refractivity contribution is 0.627. The molecule has 49 heavy (non-hydrogen) atoms. The van der Waals surface area contributed by atoms with E-state index in [1.54, 1.807) is 13.4 Å². The summed E-state index contributed by atoms with van der Waals surface area (Å²) >= 11 is 11.0. The van der Waals surface area contributed by atoms with Gasteiger partial charge >= 0.3 is 0 Å². The van der Waals surface area contributed by atoms with Gasteiger partial charge in [-0.2, -0.15) is 0 Å². The van der Waals surface area contributed by atoms with Crippen molar-refractivity contribution in [1.82, 2.24) is 0 Å². The Morgan fingerprint density at radius 2 is 0.531 bits per heavy atom. The number of thioether (sulfide) groups is 5. The van der Waals surface area contributed by atoms with E-state index in [1.165, 1.54) is 221 Å². The molecule has 0 aliphatic heterocycles. The van der Waals surface area contributed by atoms with E-state index in [1.807, 2.05) is 0 Å². The Balaban J connectivity index is 5.80. The highest BCUT2D eigenvalue weighted by atomic mass is 32.2. The van der Waals surface area contributed by atoms with Crippen LogP contribution in [0.3, 0.4) is 0 Å².